The molecule has 0 saturated carbocycles. The molecule has 0 fully saturated rings. The first-order valence-corrected chi connectivity index (χ1v) is 7.24. The van der Waals surface area contributed by atoms with E-state index in [2.05, 4.69) is 5.32 Å². The van der Waals surface area contributed by atoms with Gasteiger partial charge in [0.15, 0.2) is 6.10 Å². The van der Waals surface area contributed by atoms with E-state index in [0.29, 0.717) is 16.9 Å². The van der Waals surface area contributed by atoms with E-state index < -0.39 is 16.1 Å². The maximum Gasteiger partial charge on any atom is 0.260 e. The molecule has 0 spiro atoms. The van der Waals surface area contributed by atoms with Crippen molar-refractivity contribution in [2.24, 2.45) is 5.14 Å². The molecule has 0 saturated heterocycles. The molecule has 1 rings (SSSR count). The number of hydrogen-bond acceptors (Lipinski definition) is 4. The van der Waals surface area contributed by atoms with Crippen molar-refractivity contribution in [3.8, 4) is 5.75 Å². The number of rotatable bonds is 4. The third-order valence-corrected chi connectivity index (χ3v) is 3.97. The van der Waals surface area contributed by atoms with Gasteiger partial charge >= 0.3 is 0 Å². The molecule has 106 valence electrons. The van der Waals surface area contributed by atoms with Crippen LogP contribution in [0.5, 0.6) is 5.75 Å². The van der Waals surface area contributed by atoms with E-state index in [1.807, 2.05) is 0 Å². The van der Waals surface area contributed by atoms with Crippen LogP contribution in [0.15, 0.2) is 17.0 Å². The van der Waals surface area contributed by atoms with Crippen molar-refractivity contribution in [1.82, 2.24) is 5.32 Å². The fraction of sp³-hybridized carbons (Fsp3) is 0.417. The Bertz CT molecular complexity index is 596. The van der Waals surface area contributed by atoms with Gasteiger partial charge in [-0.1, -0.05) is 0 Å². The topological polar surface area (TPSA) is 98.5 Å². The highest BCUT2D eigenvalue weighted by Gasteiger charge is 2.18. The van der Waals surface area contributed by atoms with Gasteiger partial charge in [-0.3, -0.25) is 4.79 Å². The van der Waals surface area contributed by atoms with Crippen molar-refractivity contribution in [3.05, 3.63) is 23.3 Å². The minimum absolute atomic E-state index is 0.0601. The van der Waals surface area contributed by atoms with Crippen molar-refractivity contribution < 1.29 is 17.9 Å². The van der Waals surface area contributed by atoms with E-state index >= 15 is 0 Å². The van der Waals surface area contributed by atoms with Gasteiger partial charge < -0.3 is 10.1 Å². The zero-order valence-corrected chi connectivity index (χ0v) is 12.2. The summed E-state index contributed by atoms with van der Waals surface area (Å²) in [4.78, 5) is 11.4. The predicted octanol–water partition coefficient (Wildman–Crippen LogP) is 0.464. The molecule has 0 aliphatic heterocycles. The number of primary sulfonamides is 1. The zero-order chi connectivity index (χ0) is 14.8. The fourth-order valence-corrected chi connectivity index (χ4v) is 2.49. The molecule has 0 heterocycles. The molecule has 1 aromatic carbocycles. The molecule has 1 unspecified atom stereocenters. The first-order valence-electron chi connectivity index (χ1n) is 5.69. The van der Waals surface area contributed by atoms with Crippen molar-refractivity contribution in [2.75, 3.05) is 7.05 Å². The fourth-order valence-electron chi connectivity index (χ4n) is 1.65. The van der Waals surface area contributed by atoms with Crippen LogP contribution in [0.1, 0.15) is 18.1 Å². The summed E-state index contributed by atoms with van der Waals surface area (Å²) in [6, 6.07) is 2.88. The van der Waals surface area contributed by atoms with Crippen LogP contribution >= 0.6 is 0 Å². The molecule has 1 aromatic rings. The molecule has 0 radical (unpaired) electrons. The summed E-state index contributed by atoms with van der Waals surface area (Å²) in [5.41, 5.74) is 1.16. The highest BCUT2D eigenvalue weighted by Crippen LogP contribution is 2.27. The molecule has 0 aliphatic rings. The maximum absolute atomic E-state index is 11.4. The smallest absolute Gasteiger partial charge is 0.260 e. The van der Waals surface area contributed by atoms with Crippen molar-refractivity contribution in [2.45, 2.75) is 31.8 Å². The quantitative estimate of drug-likeness (QED) is 0.840. The van der Waals surface area contributed by atoms with E-state index in [4.69, 9.17) is 9.88 Å². The van der Waals surface area contributed by atoms with Crippen molar-refractivity contribution >= 4 is 15.9 Å². The van der Waals surface area contributed by atoms with Crippen LogP contribution in [0.2, 0.25) is 0 Å². The molecule has 0 aromatic heterocycles. The average Bonchev–Trinajstić information content (AvgIpc) is 2.32. The Kier molecular flexibility index (Phi) is 4.54. The summed E-state index contributed by atoms with van der Waals surface area (Å²) in [6.07, 6.45) is -0.663. The van der Waals surface area contributed by atoms with Crippen LogP contribution in [0.3, 0.4) is 0 Å². The van der Waals surface area contributed by atoms with Gasteiger partial charge in [0.2, 0.25) is 10.0 Å². The van der Waals surface area contributed by atoms with Crippen molar-refractivity contribution in [1.29, 1.82) is 0 Å². The number of likely N-dealkylation sites (N-methyl/N-ethyl adjacent to an activating group) is 1. The van der Waals surface area contributed by atoms with Gasteiger partial charge in [-0.05, 0) is 44.0 Å². The third-order valence-electron chi connectivity index (χ3n) is 2.91. The number of benzene rings is 1. The molecule has 3 N–H and O–H groups in total. The Morgan fingerprint density at radius 2 is 1.89 bits per heavy atom. The Morgan fingerprint density at radius 1 is 1.32 bits per heavy atom. The zero-order valence-electron chi connectivity index (χ0n) is 11.4. The first kappa shape index (κ1) is 15.5. The van der Waals surface area contributed by atoms with E-state index in [1.54, 1.807) is 20.8 Å². The lowest BCUT2D eigenvalue weighted by molar-refractivity contribution is -0.126. The standard InChI is InChI=1S/C12H18N2O4S/c1-7-8(2)11(19(13,16)17)6-5-10(7)18-9(3)12(15)14-4/h5-6,9H,1-4H3,(H,14,15)(H2,13,16,17). The van der Waals surface area contributed by atoms with E-state index in [-0.39, 0.29) is 10.8 Å². The van der Waals surface area contributed by atoms with Gasteiger partial charge in [-0.25, -0.2) is 13.6 Å². The lowest BCUT2D eigenvalue weighted by atomic mass is 10.1. The molecule has 0 bridgehead atoms. The number of carbonyl (C=O) groups is 1. The highest BCUT2D eigenvalue weighted by molar-refractivity contribution is 7.89. The lowest BCUT2D eigenvalue weighted by Gasteiger charge is -2.17. The van der Waals surface area contributed by atoms with Crippen LogP contribution in [-0.4, -0.2) is 27.5 Å². The summed E-state index contributed by atoms with van der Waals surface area (Å²) in [5.74, 6) is 0.202. The Balaban J connectivity index is 3.14. The maximum atomic E-state index is 11.4. The number of nitrogens with one attached hydrogen (secondary N) is 1. The second-order valence-corrected chi connectivity index (χ2v) is 5.76. The molecular formula is C12H18N2O4S. The SMILES string of the molecule is CNC(=O)C(C)Oc1ccc(S(N)(=O)=O)c(C)c1C. The van der Waals surface area contributed by atoms with Crippen molar-refractivity contribution in [3.63, 3.8) is 0 Å². The van der Waals surface area contributed by atoms with Gasteiger partial charge in [0.1, 0.15) is 5.75 Å². The number of ether oxygens (including phenoxy) is 1. The van der Waals surface area contributed by atoms with E-state index in [0.717, 1.165) is 0 Å². The Morgan fingerprint density at radius 3 is 2.37 bits per heavy atom. The number of hydrogen-bond donors (Lipinski definition) is 2. The first-order chi connectivity index (χ1) is 8.68. The molecule has 1 amide bonds. The number of sulfonamides is 1. The summed E-state index contributed by atoms with van der Waals surface area (Å²) in [6.45, 7) is 4.98. The molecule has 7 heteroatoms. The van der Waals surface area contributed by atoms with Gasteiger partial charge in [0.05, 0.1) is 4.90 Å². The van der Waals surface area contributed by atoms with Gasteiger partial charge in [-0.2, -0.15) is 0 Å². The number of nitrogens with two attached hydrogens (primary N) is 1. The minimum atomic E-state index is -3.76. The Hall–Kier alpha value is -1.60. The monoisotopic (exact) mass is 286 g/mol. The Labute approximate surface area is 113 Å². The number of carbonyl (C=O) groups excluding carboxylic acids is 1. The minimum Gasteiger partial charge on any atom is -0.481 e. The highest BCUT2D eigenvalue weighted by atomic mass is 32.2. The van der Waals surface area contributed by atoms with Gasteiger partial charge in [0, 0.05) is 7.05 Å². The summed E-state index contributed by atoms with van der Waals surface area (Å²) in [7, 11) is -2.24. The van der Waals surface area contributed by atoms with E-state index in [9.17, 15) is 13.2 Å². The van der Waals surface area contributed by atoms with Crippen LogP contribution < -0.4 is 15.2 Å². The largest absolute Gasteiger partial charge is 0.481 e. The average molecular weight is 286 g/mol. The third kappa shape index (κ3) is 3.45. The normalized spacial score (nSPS) is 12.9. The van der Waals surface area contributed by atoms with Crippen LogP contribution in [0.4, 0.5) is 0 Å². The second-order valence-electron chi connectivity index (χ2n) is 4.23. The molecular weight excluding hydrogens is 268 g/mol. The summed E-state index contributed by atoms with van der Waals surface area (Å²) in [5, 5.41) is 7.59. The molecule has 0 aliphatic carbocycles. The molecule has 6 nitrogen and oxygen atoms in total. The van der Waals surface area contributed by atoms with E-state index in [1.165, 1.54) is 19.2 Å². The summed E-state index contributed by atoms with van der Waals surface area (Å²) < 4.78 is 28.2. The lowest BCUT2D eigenvalue weighted by Crippen LogP contribution is -2.33. The number of amides is 1. The van der Waals surface area contributed by atoms with Crippen LogP contribution in [0, 0.1) is 13.8 Å². The molecule has 1 atom stereocenters. The van der Waals surface area contributed by atoms with Gasteiger partial charge in [-0.15, -0.1) is 0 Å². The predicted molar refractivity (Wildman–Crippen MR) is 71.4 cm³/mol. The van der Waals surface area contributed by atoms with Crippen LogP contribution in [0.25, 0.3) is 0 Å². The summed E-state index contributed by atoms with van der Waals surface area (Å²) >= 11 is 0. The van der Waals surface area contributed by atoms with Crippen LogP contribution in [-0.2, 0) is 14.8 Å². The molecule has 19 heavy (non-hydrogen) atoms. The van der Waals surface area contributed by atoms with Gasteiger partial charge in [0.25, 0.3) is 5.91 Å². The second kappa shape index (κ2) is 5.58.